The second-order valence-electron chi connectivity index (χ2n) is 8.69. The topological polar surface area (TPSA) is 56.6 Å². The predicted molar refractivity (Wildman–Crippen MR) is 116 cm³/mol. The van der Waals surface area contributed by atoms with Crippen molar-refractivity contribution in [2.24, 2.45) is 0 Å². The molecule has 150 valence electrons. The first-order chi connectivity index (χ1) is 14.1. The summed E-state index contributed by atoms with van der Waals surface area (Å²) in [4.78, 5) is 7.35. The Morgan fingerprint density at radius 1 is 1.03 bits per heavy atom. The van der Waals surface area contributed by atoms with E-state index in [9.17, 15) is 10.2 Å². The third-order valence-corrected chi connectivity index (χ3v) is 6.42. The molecule has 0 spiro atoms. The van der Waals surface area contributed by atoms with Crippen LogP contribution < -0.4 is 0 Å². The van der Waals surface area contributed by atoms with E-state index in [0.717, 1.165) is 42.7 Å². The summed E-state index contributed by atoms with van der Waals surface area (Å²) in [6.07, 6.45) is 2.87. The van der Waals surface area contributed by atoms with Gasteiger partial charge in [-0.25, -0.2) is 4.98 Å². The van der Waals surface area contributed by atoms with Gasteiger partial charge in [-0.3, -0.25) is 4.90 Å². The van der Waals surface area contributed by atoms with Crippen LogP contribution in [0.25, 0.3) is 22.2 Å². The Kier molecular flexibility index (Phi) is 4.86. The number of pyridine rings is 1. The summed E-state index contributed by atoms with van der Waals surface area (Å²) in [7, 11) is 0. The maximum Gasteiger partial charge on any atom is 0.0926 e. The molecule has 2 N–H and O–H groups in total. The summed E-state index contributed by atoms with van der Waals surface area (Å²) < 4.78 is 0. The van der Waals surface area contributed by atoms with E-state index in [4.69, 9.17) is 4.98 Å². The van der Waals surface area contributed by atoms with Gasteiger partial charge in [-0.2, -0.15) is 0 Å². The number of aliphatic hydroxyl groups excluding tert-OH is 2. The average Bonchev–Trinajstić information content (AvgIpc) is 3.16. The summed E-state index contributed by atoms with van der Waals surface area (Å²) in [6, 6.07) is 15.4. The molecule has 2 aromatic carbocycles. The Morgan fingerprint density at radius 2 is 1.86 bits per heavy atom. The van der Waals surface area contributed by atoms with Gasteiger partial charge in [0.1, 0.15) is 0 Å². The van der Waals surface area contributed by atoms with Crippen LogP contribution in [-0.2, 0) is 19.4 Å². The van der Waals surface area contributed by atoms with Gasteiger partial charge >= 0.3 is 0 Å². The van der Waals surface area contributed by atoms with E-state index in [1.54, 1.807) is 0 Å². The quantitative estimate of drug-likeness (QED) is 0.719. The molecule has 0 radical (unpaired) electrons. The summed E-state index contributed by atoms with van der Waals surface area (Å²) in [6.45, 7) is 4.12. The van der Waals surface area contributed by atoms with Crippen molar-refractivity contribution < 1.29 is 10.2 Å². The Balaban J connectivity index is 1.59. The number of hydrogen-bond donors (Lipinski definition) is 2. The number of benzene rings is 2. The number of aromatic nitrogens is 1. The second kappa shape index (κ2) is 7.52. The van der Waals surface area contributed by atoms with Gasteiger partial charge in [-0.15, -0.1) is 0 Å². The molecule has 29 heavy (non-hydrogen) atoms. The largest absolute Gasteiger partial charge is 0.390 e. The molecule has 4 nitrogen and oxygen atoms in total. The van der Waals surface area contributed by atoms with Gasteiger partial charge in [0.15, 0.2) is 0 Å². The lowest BCUT2D eigenvalue weighted by Crippen LogP contribution is -2.46. The van der Waals surface area contributed by atoms with Crippen molar-refractivity contribution in [2.75, 3.05) is 13.1 Å². The van der Waals surface area contributed by atoms with Crippen LogP contribution >= 0.6 is 0 Å². The van der Waals surface area contributed by atoms with Crippen LogP contribution in [-0.4, -0.2) is 45.4 Å². The SMILES string of the molecule is Cc1cccc(-c2nc3cc4c(cc3cc2CN2CC[C@@H](O)[C@H](O)C2)CCC4)c1. The Morgan fingerprint density at radius 3 is 2.66 bits per heavy atom. The standard InChI is InChI=1S/C25H28N2O2/c1-16-4-2-7-19(10-16)25-21(14-27-9-8-23(28)24(29)15-27)12-20-11-17-5-3-6-18(17)13-22(20)26-25/h2,4,7,10-13,23-24,28-29H,3,5-6,8-9,14-15H2,1H3/t23-,24-/m1/s1. The lowest BCUT2D eigenvalue weighted by molar-refractivity contribution is -0.0403. The van der Waals surface area contributed by atoms with Crippen molar-refractivity contribution >= 4 is 10.9 Å². The fourth-order valence-electron chi connectivity index (χ4n) is 4.82. The molecule has 1 aromatic heterocycles. The minimum Gasteiger partial charge on any atom is -0.390 e. The van der Waals surface area contributed by atoms with Crippen molar-refractivity contribution in [3.05, 3.63) is 64.7 Å². The number of nitrogens with zero attached hydrogens (tertiary/aromatic N) is 2. The fourth-order valence-corrected chi connectivity index (χ4v) is 4.82. The molecule has 1 aliphatic heterocycles. The summed E-state index contributed by atoms with van der Waals surface area (Å²) in [5, 5.41) is 21.2. The number of aryl methyl sites for hydroxylation is 3. The van der Waals surface area contributed by atoms with Crippen LogP contribution in [0.5, 0.6) is 0 Å². The first-order valence-corrected chi connectivity index (χ1v) is 10.7. The zero-order chi connectivity index (χ0) is 20.0. The van der Waals surface area contributed by atoms with Crippen LogP contribution in [0.4, 0.5) is 0 Å². The van der Waals surface area contributed by atoms with E-state index in [-0.39, 0.29) is 0 Å². The zero-order valence-corrected chi connectivity index (χ0v) is 16.9. The van der Waals surface area contributed by atoms with Gasteiger partial charge in [-0.05, 0) is 73.6 Å². The minimum atomic E-state index is -0.678. The predicted octanol–water partition coefficient (Wildman–Crippen LogP) is 3.63. The molecule has 2 heterocycles. The molecule has 3 aromatic rings. The van der Waals surface area contributed by atoms with Crippen molar-refractivity contribution in [3.63, 3.8) is 0 Å². The first kappa shape index (κ1) is 18.7. The third-order valence-electron chi connectivity index (χ3n) is 6.42. The van der Waals surface area contributed by atoms with Gasteiger partial charge in [0.05, 0.1) is 23.4 Å². The molecule has 4 heteroatoms. The number of piperidine rings is 1. The van der Waals surface area contributed by atoms with E-state index < -0.39 is 12.2 Å². The maximum atomic E-state index is 10.1. The van der Waals surface area contributed by atoms with Gasteiger partial charge in [-0.1, -0.05) is 23.8 Å². The average molecular weight is 389 g/mol. The smallest absolute Gasteiger partial charge is 0.0926 e. The number of likely N-dealkylation sites (tertiary alicyclic amines) is 1. The van der Waals surface area contributed by atoms with Crippen molar-refractivity contribution in [2.45, 2.75) is 51.4 Å². The lowest BCUT2D eigenvalue weighted by Gasteiger charge is -2.33. The normalized spacial score (nSPS) is 22.2. The van der Waals surface area contributed by atoms with Crippen molar-refractivity contribution in [1.82, 2.24) is 9.88 Å². The molecule has 1 aliphatic carbocycles. The zero-order valence-electron chi connectivity index (χ0n) is 16.9. The molecule has 0 amide bonds. The molecule has 1 fully saturated rings. The van der Waals surface area contributed by atoms with E-state index >= 15 is 0 Å². The maximum absolute atomic E-state index is 10.1. The van der Waals surface area contributed by atoms with E-state index in [1.165, 1.54) is 34.1 Å². The summed E-state index contributed by atoms with van der Waals surface area (Å²) >= 11 is 0. The van der Waals surface area contributed by atoms with Crippen molar-refractivity contribution in [3.8, 4) is 11.3 Å². The van der Waals surface area contributed by atoms with Crippen LogP contribution in [0, 0.1) is 6.92 Å². The first-order valence-electron chi connectivity index (χ1n) is 10.7. The molecular formula is C25H28N2O2. The highest BCUT2D eigenvalue weighted by atomic mass is 16.3. The second-order valence-corrected chi connectivity index (χ2v) is 8.69. The van der Waals surface area contributed by atoms with Gasteiger partial charge < -0.3 is 10.2 Å². The highest BCUT2D eigenvalue weighted by molar-refractivity contribution is 5.85. The molecular weight excluding hydrogens is 360 g/mol. The number of fused-ring (bicyclic) bond motifs is 2. The van der Waals surface area contributed by atoms with E-state index in [1.807, 2.05) is 0 Å². The monoisotopic (exact) mass is 388 g/mol. The van der Waals surface area contributed by atoms with Crippen LogP contribution in [0.15, 0.2) is 42.5 Å². The Labute approximate surface area is 171 Å². The molecule has 2 aliphatic rings. The third kappa shape index (κ3) is 3.68. The van der Waals surface area contributed by atoms with E-state index in [0.29, 0.717) is 13.0 Å². The highest BCUT2D eigenvalue weighted by Crippen LogP contribution is 2.32. The van der Waals surface area contributed by atoms with Gasteiger partial charge in [0.25, 0.3) is 0 Å². The number of rotatable bonds is 3. The summed E-state index contributed by atoms with van der Waals surface area (Å²) in [5.41, 5.74) is 8.55. The van der Waals surface area contributed by atoms with Crippen LogP contribution in [0.2, 0.25) is 0 Å². The summed E-state index contributed by atoms with van der Waals surface area (Å²) in [5.74, 6) is 0. The Bertz CT molecular complexity index is 1060. The molecule has 0 saturated carbocycles. The lowest BCUT2D eigenvalue weighted by atomic mass is 9.98. The van der Waals surface area contributed by atoms with Crippen molar-refractivity contribution in [1.29, 1.82) is 0 Å². The number of β-amino-alcohol motifs (C(OH)–C–C–N with tert-alkyl or cyclic N) is 1. The molecule has 5 rings (SSSR count). The number of aliphatic hydroxyl groups is 2. The molecule has 0 unspecified atom stereocenters. The van der Waals surface area contributed by atoms with Crippen LogP contribution in [0.1, 0.15) is 35.1 Å². The fraction of sp³-hybridized carbons (Fsp3) is 0.400. The highest BCUT2D eigenvalue weighted by Gasteiger charge is 2.26. The van der Waals surface area contributed by atoms with E-state index in [2.05, 4.69) is 54.3 Å². The van der Waals surface area contributed by atoms with Crippen LogP contribution in [0.3, 0.4) is 0 Å². The Hall–Kier alpha value is -2.27. The molecule has 1 saturated heterocycles. The van der Waals surface area contributed by atoms with Gasteiger partial charge in [0, 0.05) is 30.6 Å². The molecule has 2 atom stereocenters. The molecule has 0 bridgehead atoms. The minimum absolute atomic E-state index is 0.497. The van der Waals surface area contributed by atoms with Gasteiger partial charge in [0.2, 0.25) is 0 Å². The number of hydrogen-bond acceptors (Lipinski definition) is 4.